The van der Waals surface area contributed by atoms with Crippen molar-refractivity contribution in [2.24, 2.45) is 0 Å². The maximum absolute atomic E-state index is 10.8. The van der Waals surface area contributed by atoms with Crippen LogP contribution < -0.4 is 4.74 Å². The molecule has 0 aliphatic carbocycles. The summed E-state index contributed by atoms with van der Waals surface area (Å²) in [6, 6.07) is 3.35. The van der Waals surface area contributed by atoms with Gasteiger partial charge in [-0.15, -0.1) is 0 Å². The number of hydrogen-bond donors (Lipinski definition) is 1. The number of aromatic nitrogens is 1. The number of pyridine rings is 1. The number of carboxylic acid groups (broad SMARTS) is 1. The lowest BCUT2D eigenvalue weighted by molar-refractivity contribution is 0.137. The number of carbonyl (C=O) groups is 1. The summed E-state index contributed by atoms with van der Waals surface area (Å²) in [6.45, 7) is 0.921. The molecule has 5 nitrogen and oxygen atoms in total. The Hall–Kier alpha value is -1.49. The number of fused-ring (bicyclic) bond motifs is 1. The molecule has 0 radical (unpaired) electrons. The third-order valence-corrected chi connectivity index (χ3v) is 2.35. The van der Waals surface area contributed by atoms with Gasteiger partial charge in [-0.3, -0.25) is 0 Å². The first kappa shape index (κ1) is 10.0. The van der Waals surface area contributed by atoms with Crippen LogP contribution in [0.15, 0.2) is 12.1 Å². The van der Waals surface area contributed by atoms with Gasteiger partial charge in [-0.05, 0) is 12.1 Å². The van der Waals surface area contributed by atoms with Gasteiger partial charge in [-0.1, -0.05) is 11.6 Å². The molecule has 0 atom stereocenters. The van der Waals surface area contributed by atoms with E-state index in [1.807, 2.05) is 0 Å². The first-order valence-electron chi connectivity index (χ1n) is 4.43. The molecule has 0 unspecified atom stereocenters. The minimum Gasteiger partial charge on any atom is -0.475 e. The van der Waals surface area contributed by atoms with Crippen molar-refractivity contribution in [1.82, 2.24) is 9.88 Å². The Morgan fingerprint density at radius 1 is 1.60 bits per heavy atom. The van der Waals surface area contributed by atoms with Gasteiger partial charge in [-0.25, -0.2) is 9.78 Å². The SMILES string of the molecule is O=C(O)N1CCOc2nc(Cl)ccc2C1. The van der Waals surface area contributed by atoms with E-state index in [-0.39, 0.29) is 6.54 Å². The van der Waals surface area contributed by atoms with E-state index in [1.165, 1.54) is 4.90 Å². The molecule has 1 N–H and O–H groups in total. The summed E-state index contributed by atoms with van der Waals surface area (Å²) in [5, 5.41) is 9.21. The fourth-order valence-corrected chi connectivity index (χ4v) is 1.53. The molecule has 0 bridgehead atoms. The molecule has 0 saturated heterocycles. The van der Waals surface area contributed by atoms with E-state index in [9.17, 15) is 4.79 Å². The van der Waals surface area contributed by atoms with Crippen molar-refractivity contribution in [2.45, 2.75) is 6.54 Å². The Bertz CT molecular complexity index is 397. The standard InChI is InChI=1S/C9H9ClN2O3/c10-7-2-1-6-5-12(9(13)14)3-4-15-8(6)11-7/h1-2H,3-5H2,(H,13,14). The lowest BCUT2D eigenvalue weighted by Crippen LogP contribution is -2.30. The minimum atomic E-state index is -0.957. The zero-order valence-electron chi connectivity index (χ0n) is 7.81. The van der Waals surface area contributed by atoms with E-state index in [2.05, 4.69) is 4.98 Å². The summed E-state index contributed by atoms with van der Waals surface area (Å²) in [5.41, 5.74) is 0.735. The zero-order valence-corrected chi connectivity index (χ0v) is 8.57. The van der Waals surface area contributed by atoms with Crippen molar-refractivity contribution in [3.63, 3.8) is 0 Å². The van der Waals surface area contributed by atoms with E-state index in [0.717, 1.165) is 5.56 Å². The Balaban J connectivity index is 2.29. The van der Waals surface area contributed by atoms with E-state index >= 15 is 0 Å². The van der Waals surface area contributed by atoms with E-state index in [4.69, 9.17) is 21.4 Å². The quantitative estimate of drug-likeness (QED) is 0.686. The summed E-state index contributed by atoms with van der Waals surface area (Å²) < 4.78 is 5.31. The summed E-state index contributed by atoms with van der Waals surface area (Å²) >= 11 is 5.71. The summed E-state index contributed by atoms with van der Waals surface area (Å²) in [7, 11) is 0. The smallest absolute Gasteiger partial charge is 0.407 e. The predicted molar refractivity (Wildman–Crippen MR) is 53.2 cm³/mol. The van der Waals surface area contributed by atoms with Crippen LogP contribution in [0.1, 0.15) is 5.56 Å². The van der Waals surface area contributed by atoms with Crippen LogP contribution in [0, 0.1) is 0 Å². The lowest BCUT2D eigenvalue weighted by Gasteiger charge is -2.14. The van der Waals surface area contributed by atoms with Crippen LogP contribution in [0.2, 0.25) is 5.15 Å². The van der Waals surface area contributed by atoms with E-state index in [1.54, 1.807) is 12.1 Å². The average molecular weight is 229 g/mol. The van der Waals surface area contributed by atoms with Crippen LogP contribution in [-0.2, 0) is 6.54 Å². The van der Waals surface area contributed by atoms with Gasteiger partial charge in [0, 0.05) is 5.56 Å². The summed E-state index contributed by atoms with van der Waals surface area (Å²) in [6.07, 6.45) is -0.957. The molecule has 80 valence electrons. The predicted octanol–water partition coefficient (Wildman–Crippen LogP) is 1.61. The van der Waals surface area contributed by atoms with Crippen LogP contribution in [0.4, 0.5) is 4.79 Å². The second-order valence-electron chi connectivity index (χ2n) is 3.15. The van der Waals surface area contributed by atoms with Crippen LogP contribution in [-0.4, -0.2) is 34.2 Å². The van der Waals surface area contributed by atoms with Gasteiger partial charge in [0.25, 0.3) is 0 Å². The van der Waals surface area contributed by atoms with Crippen molar-refractivity contribution in [1.29, 1.82) is 0 Å². The number of hydrogen-bond acceptors (Lipinski definition) is 3. The molecular weight excluding hydrogens is 220 g/mol. The van der Waals surface area contributed by atoms with Crippen molar-refractivity contribution in [3.05, 3.63) is 22.8 Å². The van der Waals surface area contributed by atoms with Crippen LogP contribution >= 0.6 is 11.6 Å². The molecule has 0 spiro atoms. The molecule has 1 aliphatic heterocycles. The molecule has 0 aromatic carbocycles. The zero-order chi connectivity index (χ0) is 10.8. The highest BCUT2D eigenvalue weighted by molar-refractivity contribution is 6.29. The van der Waals surface area contributed by atoms with Crippen LogP contribution in [0.25, 0.3) is 0 Å². The fourth-order valence-electron chi connectivity index (χ4n) is 1.39. The highest BCUT2D eigenvalue weighted by Crippen LogP contribution is 2.22. The second kappa shape index (κ2) is 3.94. The fraction of sp³-hybridized carbons (Fsp3) is 0.333. The molecule has 0 fully saturated rings. The molecule has 1 aromatic heterocycles. The van der Waals surface area contributed by atoms with Crippen molar-refractivity contribution < 1.29 is 14.6 Å². The number of nitrogens with zero attached hydrogens (tertiary/aromatic N) is 2. The largest absolute Gasteiger partial charge is 0.475 e. The van der Waals surface area contributed by atoms with Gasteiger partial charge < -0.3 is 14.7 Å². The second-order valence-corrected chi connectivity index (χ2v) is 3.54. The third-order valence-electron chi connectivity index (χ3n) is 2.14. The molecule has 1 amide bonds. The first-order chi connectivity index (χ1) is 7.16. The Morgan fingerprint density at radius 3 is 3.13 bits per heavy atom. The van der Waals surface area contributed by atoms with E-state index < -0.39 is 6.09 Å². The number of rotatable bonds is 0. The maximum atomic E-state index is 10.8. The number of amides is 1. The summed E-state index contributed by atoms with van der Waals surface area (Å²) in [5.74, 6) is 0.422. The maximum Gasteiger partial charge on any atom is 0.407 e. The van der Waals surface area contributed by atoms with Crippen LogP contribution in [0.3, 0.4) is 0 Å². The highest BCUT2D eigenvalue weighted by Gasteiger charge is 2.19. The molecule has 1 aliphatic rings. The average Bonchev–Trinajstić information content (AvgIpc) is 2.39. The molecular formula is C9H9ClN2O3. The summed E-state index contributed by atoms with van der Waals surface area (Å²) in [4.78, 5) is 16.1. The first-order valence-corrected chi connectivity index (χ1v) is 4.80. The van der Waals surface area contributed by atoms with Gasteiger partial charge in [-0.2, -0.15) is 0 Å². The van der Waals surface area contributed by atoms with Crippen molar-refractivity contribution >= 4 is 17.7 Å². The molecule has 1 aromatic rings. The van der Waals surface area contributed by atoms with Gasteiger partial charge in [0.2, 0.25) is 5.88 Å². The minimum absolute atomic E-state index is 0.287. The lowest BCUT2D eigenvalue weighted by atomic mass is 10.2. The van der Waals surface area contributed by atoms with E-state index in [0.29, 0.717) is 24.2 Å². The normalized spacial score (nSPS) is 15.1. The van der Waals surface area contributed by atoms with Crippen molar-refractivity contribution in [3.8, 4) is 5.88 Å². The Kier molecular flexibility index (Phi) is 2.64. The monoisotopic (exact) mass is 228 g/mol. The highest BCUT2D eigenvalue weighted by atomic mass is 35.5. The topological polar surface area (TPSA) is 62.7 Å². The molecule has 2 heterocycles. The van der Waals surface area contributed by atoms with Gasteiger partial charge in [0.1, 0.15) is 11.8 Å². The third kappa shape index (κ3) is 2.12. The van der Waals surface area contributed by atoms with Crippen molar-refractivity contribution in [2.75, 3.05) is 13.2 Å². The van der Waals surface area contributed by atoms with Gasteiger partial charge in [0.05, 0.1) is 13.1 Å². The van der Waals surface area contributed by atoms with Gasteiger partial charge >= 0.3 is 6.09 Å². The molecule has 6 heteroatoms. The van der Waals surface area contributed by atoms with Crippen LogP contribution in [0.5, 0.6) is 5.88 Å². The molecule has 15 heavy (non-hydrogen) atoms. The molecule has 2 rings (SSSR count). The molecule has 0 saturated carbocycles. The Morgan fingerprint density at radius 2 is 2.40 bits per heavy atom. The van der Waals surface area contributed by atoms with Gasteiger partial charge in [0.15, 0.2) is 0 Å². The number of ether oxygens (including phenoxy) is 1. The Labute approximate surface area is 91.2 Å². The number of halogens is 1.